The first-order valence-electron chi connectivity index (χ1n) is 7.73. The first kappa shape index (κ1) is 16.0. The third kappa shape index (κ3) is 7.89. The van der Waals surface area contributed by atoms with E-state index >= 15 is 0 Å². The molecule has 0 saturated heterocycles. The zero-order valence-corrected chi connectivity index (χ0v) is 12.6. The summed E-state index contributed by atoms with van der Waals surface area (Å²) in [6.45, 7) is 4.02. The summed E-state index contributed by atoms with van der Waals surface area (Å²) < 4.78 is 5.75. The zero-order chi connectivity index (χ0) is 13.8. The molecule has 0 saturated carbocycles. The van der Waals surface area contributed by atoms with Crippen LogP contribution in [0.5, 0.6) is 5.75 Å². The Balaban J connectivity index is 2.02. The summed E-state index contributed by atoms with van der Waals surface area (Å²) >= 11 is 0. The molecule has 0 unspecified atom stereocenters. The molecule has 0 atom stereocenters. The molecule has 1 rings (SSSR count). The van der Waals surface area contributed by atoms with E-state index in [0.29, 0.717) is 0 Å². The van der Waals surface area contributed by atoms with Crippen LogP contribution in [0, 0.1) is 0 Å². The number of ether oxygens (including phenoxy) is 1. The van der Waals surface area contributed by atoms with Crippen molar-refractivity contribution >= 4 is 0 Å². The third-order valence-corrected chi connectivity index (χ3v) is 3.32. The lowest BCUT2D eigenvalue weighted by molar-refractivity contribution is 0.304. The van der Waals surface area contributed by atoms with E-state index in [0.717, 1.165) is 18.9 Å². The number of nitrogens with one attached hydrogen (secondary N) is 1. The standard InChI is InChI=1S/C17H29NO/c1-3-4-5-6-7-8-9-14-19-17-12-10-16(11-13-17)15-18-2/h10-13,18H,3-9,14-15H2,1-2H3. The molecule has 1 aromatic rings. The van der Waals surface area contributed by atoms with Crippen LogP contribution in [0.1, 0.15) is 57.4 Å². The number of benzene rings is 1. The summed E-state index contributed by atoms with van der Waals surface area (Å²) in [4.78, 5) is 0. The molecule has 19 heavy (non-hydrogen) atoms. The summed E-state index contributed by atoms with van der Waals surface area (Å²) in [7, 11) is 1.96. The monoisotopic (exact) mass is 263 g/mol. The van der Waals surface area contributed by atoms with Crippen LogP contribution >= 0.6 is 0 Å². The fourth-order valence-corrected chi connectivity index (χ4v) is 2.16. The lowest BCUT2D eigenvalue weighted by Crippen LogP contribution is -2.04. The van der Waals surface area contributed by atoms with Crippen molar-refractivity contribution in [3.63, 3.8) is 0 Å². The molecular formula is C17H29NO. The van der Waals surface area contributed by atoms with E-state index in [-0.39, 0.29) is 0 Å². The molecular weight excluding hydrogens is 234 g/mol. The molecule has 0 fully saturated rings. The molecule has 2 heteroatoms. The maximum atomic E-state index is 5.75. The molecule has 1 aromatic carbocycles. The van der Waals surface area contributed by atoms with Crippen molar-refractivity contribution < 1.29 is 4.74 Å². The second-order valence-electron chi connectivity index (χ2n) is 5.14. The van der Waals surface area contributed by atoms with Crippen LogP contribution in [0.2, 0.25) is 0 Å². The fraction of sp³-hybridized carbons (Fsp3) is 0.647. The van der Waals surface area contributed by atoms with Crippen molar-refractivity contribution in [1.82, 2.24) is 5.32 Å². The summed E-state index contributed by atoms with van der Waals surface area (Å²) in [5.41, 5.74) is 1.30. The van der Waals surface area contributed by atoms with E-state index < -0.39 is 0 Å². The quantitative estimate of drug-likeness (QED) is 0.592. The number of unbranched alkanes of at least 4 members (excludes halogenated alkanes) is 6. The SMILES string of the molecule is CCCCCCCCCOc1ccc(CNC)cc1. The summed E-state index contributed by atoms with van der Waals surface area (Å²) in [6.07, 6.45) is 9.30. The predicted octanol–water partition coefficient (Wildman–Crippen LogP) is 4.54. The van der Waals surface area contributed by atoms with E-state index in [2.05, 4.69) is 36.5 Å². The predicted molar refractivity (Wildman–Crippen MR) is 82.7 cm³/mol. The minimum absolute atomic E-state index is 0.846. The molecule has 0 heterocycles. The minimum Gasteiger partial charge on any atom is -0.494 e. The number of hydrogen-bond donors (Lipinski definition) is 1. The average Bonchev–Trinajstić information content (AvgIpc) is 2.44. The van der Waals surface area contributed by atoms with E-state index in [1.807, 2.05) is 7.05 Å². The molecule has 0 aliphatic heterocycles. The van der Waals surface area contributed by atoms with Gasteiger partial charge in [0.05, 0.1) is 6.61 Å². The Morgan fingerprint density at radius 2 is 1.53 bits per heavy atom. The van der Waals surface area contributed by atoms with Crippen LogP contribution in [-0.4, -0.2) is 13.7 Å². The largest absolute Gasteiger partial charge is 0.494 e. The molecule has 2 nitrogen and oxygen atoms in total. The molecule has 0 aliphatic rings. The summed E-state index contributed by atoms with van der Waals surface area (Å²) in [6, 6.07) is 8.37. The smallest absolute Gasteiger partial charge is 0.119 e. The molecule has 0 bridgehead atoms. The highest BCUT2D eigenvalue weighted by Crippen LogP contribution is 2.13. The van der Waals surface area contributed by atoms with Gasteiger partial charge in [0.1, 0.15) is 5.75 Å². The Morgan fingerprint density at radius 3 is 2.16 bits per heavy atom. The normalized spacial score (nSPS) is 10.6. The van der Waals surface area contributed by atoms with Crippen LogP contribution in [-0.2, 0) is 6.54 Å². The minimum atomic E-state index is 0.846. The highest BCUT2D eigenvalue weighted by Gasteiger charge is 1.95. The van der Waals surface area contributed by atoms with E-state index in [4.69, 9.17) is 4.74 Å². The van der Waals surface area contributed by atoms with Gasteiger partial charge in [-0.2, -0.15) is 0 Å². The van der Waals surface area contributed by atoms with Crippen molar-refractivity contribution in [1.29, 1.82) is 0 Å². The zero-order valence-electron chi connectivity index (χ0n) is 12.6. The maximum absolute atomic E-state index is 5.75. The van der Waals surface area contributed by atoms with Crippen molar-refractivity contribution in [3.05, 3.63) is 29.8 Å². The number of rotatable bonds is 11. The van der Waals surface area contributed by atoms with Crippen molar-refractivity contribution in [3.8, 4) is 5.75 Å². The Hall–Kier alpha value is -1.02. The second kappa shape index (κ2) is 10.9. The van der Waals surface area contributed by atoms with Crippen LogP contribution in [0.3, 0.4) is 0 Å². The van der Waals surface area contributed by atoms with Crippen molar-refractivity contribution in [2.75, 3.05) is 13.7 Å². The van der Waals surface area contributed by atoms with Crippen LogP contribution in [0.25, 0.3) is 0 Å². The van der Waals surface area contributed by atoms with Crippen LogP contribution in [0.15, 0.2) is 24.3 Å². The van der Waals surface area contributed by atoms with E-state index in [9.17, 15) is 0 Å². The van der Waals surface area contributed by atoms with E-state index in [1.54, 1.807) is 0 Å². The van der Waals surface area contributed by atoms with Gasteiger partial charge in [-0.1, -0.05) is 57.6 Å². The van der Waals surface area contributed by atoms with E-state index in [1.165, 1.54) is 50.5 Å². The molecule has 0 spiro atoms. The van der Waals surface area contributed by atoms with Crippen molar-refractivity contribution in [2.24, 2.45) is 0 Å². The summed E-state index contributed by atoms with van der Waals surface area (Å²) in [5, 5.41) is 3.14. The molecule has 108 valence electrons. The van der Waals surface area contributed by atoms with Gasteiger partial charge in [-0.15, -0.1) is 0 Å². The van der Waals surface area contributed by atoms with Crippen LogP contribution in [0.4, 0.5) is 0 Å². The first-order valence-corrected chi connectivity index (χ1v) is 7.73. The lowest BCUT2D eigenvalue weighted by Gasteiger charge is -2.07. The van der Waals surface area contributed by atoms with Gasteiger partial charge in [-0.25, -0.2) is 0 Å². The van der Waals surface area contributed by atoms with Gasteiger partial charge in [-0.3, -0.25) is 0 Å². The first-order chi connectivity index (χ1) is 9.36. The van der Waals surface area contributed by atoms with Gasteiger partial charge < -0.3 is 10.1 Å². The van der Waals surface area contributed by atoms with Gasteiger partial charge in [0.25, 0.3) is 0 Å². The molecule has 0 amide bonds. The Labute approximate surface area is 118 Å². The van der Waals surface area contributed by atoms with Gasteiger partial charge in [-0.05, 0) is 31.2 Å². The van der Waals surface area contributed by atoms with Gasteiger partial charge in [0.15, 0.2) is 0 Å². The molecule has 1 N–H and O–H groups in total. The van der Waals surface area contributed by atoms with Crippen LogP contribution < -0.4 is 10.1 Å². The van der Waals surface area contributed by atoms with Gasteiger partial charge in [0, 0.05) is 6.54 Å². The Morgan fingerprint density at radius 1 is 0.895 bits per heavy atom. The Kier molecular flexibility index (Phi) is 9.17. The van der Waals surface area contributed by atoms with Gasteiger partial charge in [0.2, 0.25) is 0 Å². The fourth-order valence-electron chi connectivity index (χ4n) is 2.16. The molecule has 0 aliphatic carbocycles. The third-order valence-electron chi connectivity index (χ3n) is 3.32. The molecule has 0 radical (unpaired) electrons. The maximum Gasteiger partial charge on any atom is 0.119 e. The van der Waals surface area contributed by atoms with Gasteiger partial charge >= 0.3 is 0 Å². The topological polar surface area (TPSA) is 21.3 Å². The summed E-state index contributed by atoms with van der Waals surface area (Å²) in [5.74, 6) is 0.992. The Bertz CT molecular complexity index is 308. The number of hydrogen-bond acceptors (Lipinski definition) is 2. The second-order valence-corrected chi connectivity index (χ2v) is 5.14. The highest BCUT2D eigenvalue weighted by molar-refractivity contribution is 5.27. The molecule has 0 aromatic heterocycles. The highest BCUT2D eigenvalue weighted by atomic mass is 16.5. The van der Waals surface area contributed by atoms with Crippen molar-refractivity contribution in [2.45, 2.75) is 58.4 Å². The average molecular weight is 263 g/mol. The lowest BCUT2D eigenvalue weighted by atomic mass is 10.1.